The molecule has 0 aliphatic heterocycles. The highest BCUT2D eigenvalue weighted by molar-refractivity contribution is 7.89. The van der Waals surface area contributed by atoms with Crippen LogP contribution in [0.1, 0.15) is 11.1 Å². The number of aryl methyl sites for hydroxylation is 1. The Morgan fingerprint density at radius 1 is 1.25 bits per heavy atom. The number of nitrogens with zero attached hydrogens (tertiary/aromatic N) is 2. The fourth-order valence-electron chi connectivity index (χ4n) is 1.88. The lowest BCUT2D eigenvalue weighted by atomic mass is 10.1. The first-order valence-corrected chi connectivity index (χ1v) is 7.57. The Kier molecular flexibility index (Phi) is 4.06. The van der Waals surface area contributed by atoms with E-state index >= 15 is 0 Å². The van der Waals surface area contributed by atoms with Gasteiger partial charge in [-0.05, 0) is 24.6 Å². The Bertz CT molecular complexity index is 697. The molecule has 0 fully saturated rings. The third kappa shape index (κ3) is 3.15. The molecule has 1 aromatic heterocycles. The molecule has 1 aromatic carbocycles. The van der Waals surface area contributed by atoms with Crippen LogP contribution in [0.25, 0.3) is 0 Å². The highest BCUT2D eigenvalue weighted by atomic mass is 32.2. The molecule has 0 radical (unpaired) electrons. The third-order valence-electron chi connectivity index (χ3n) is 2.96. The van der Waals surface area contributed by atoms with Gasteiger partial charge in [0.25, 0.3) is 0 Å². The van der Waals surface area contributed by atoms with E-state index in [1.54, 1.807) is 7.05 Å². The van der Waals surface area contributed by atoms with Gasteiger partial charge < -0.3 is 5.73 Å². The normalized spacial score (nSPS) is 11.8. The number of rotatable bonds is 4. The Morgan fingerprint density at radius 2 is 2.00 bits per heavy atom. The summed E-state index contributed by atoms with van der Waals surface area (Å²) in [6.45, 7) is 2.29. The van der Waals surface area contributed by atoms with E-state index in [0.717, 1.165) is 11.1 Å². The van der Waals surface area contributed by atoms with Gasteiger partial charge in [0, 0.05) is 19.8 Å². The number of hydrogen-bond donors (Lipinski definition) is 1. The first-order chi connectivity index (χ1) is 9.39. The largest absolute Gasteiger partial charge is 0.384 e. The monoisotopic (exact) mass is 291 g/mol. The average molecular weight is 291 g/mol. The Labute approximate surface area is 119 Å². The van der Waals surface area contributed by atoms with Crippen LogP contribution in [0.15, 0.2) is 47.5 Å². The lowest BCUT2D eigenvalue weighted by Gasteiger charge is -2.17. The van der Waals surface area contributed by atoms with Gasteiger partial charge in [0.1, 0.15) is 10.7 Å². The van der Waals surface area contributed by atoms with Crippen LogP contribution in [0.3, 0.4) is 0 Å². The number of benzene rings is 1. The number of aromatic nitrogens is 1. The molecule has 6 heteroatoms. The average Bonchev–Trinajstić information content (AvgIpc) is 2.39. The van der Waals surface area contributed by atoms with E-state index in [9.17, 15) is 8.42 Å². The van der Waals surface area contributed by atoms with Crippen molar-refractivity contribution < 1.29 is 8.42 Å². The molecule has 0 aliphatic rings. The predicted molar refractivity (Wildman–Crippen MR) is 78.5 cm³/mol. The molecular weight excluding hydrogens is 274 g/mol. The topological polar surface area (TPSA) is 76.3 Å². The van der Waals surface area contributed by atoms with E-state index in [2.05, 4.69) is 4.98 Å². The molecule has 0 bridgehead atoms. The molecule has 106 valence electrons. The quantitative estimate of drug-likeness (QED) is 0.931. The van der Waals surface area contributed by atoms with Gasteiger partial charge in [0.15, 0.2) is 0 Å². The van der Waals surface area contributed by atoms with Crippen molar-refractivity contribution in [2.75, 3.05) is 12.8 Å². The van der Waals surface area contributed by atoms with Gasteiger partial charge in [-0.1, -0.05) is 29.8 Å². The Morgan fingerprint density at radius 3 is 2.60 bits per heavy atom. The fraction of sp³-hybridized carbons (Fsp3) is 0.214. The highest BCUT2D eigenvalue weighted by Crippen LogP contribution is 2.17. The molecule has 2 aromatic rings. The van der Waals surface area contributed by atoms with E-state index < -0.39 is 10.0 Å². The zero-order chi connectivity index (χ0) is 14.8. The van der Waals surface area contributed by atoms with Crippen molar-refractivity contribution in [2.24, 2.45) is 0 Å². The van der Waals surface area contributed by atoms with E-state index in [1.165, 1.54) is 22.6 Å². The maximum Gasteiger partial charge on any atom is 0.244 e. The summed E-state index contributed by atoms with van der Waals surface area (Å²) >= 11 is 0. The van der Waals surface area contributed by atoms with Crippen LogP contribution >= 0.6 is 0 Å². The van der Waals surface area contributed by atoms with Crippen LogP contribution < -0.4 is 5.73 Å². The van der Waals surface area contributed by atoms with Gasteiger partial charge in [-0.25, -0.2) is 13.4 Å². The Balaban J connectivity index is 2.23. The van der Waals surface area contributed by atoms with Crippen LogP contribution in [0, 0.1) is 6.92 Å². The fourth-order valence-corrected chi connectivity index (χ4v) is 2.98. The van der Waals surface area contributed by atoms with Crippen molar-refractivity contribution in [3.8, 4) is 0 Å². The summed E-state index contributed by atoms with van der Waals surface area (Å²) in [6.07, 6.45) is 1.28. The second kappa shape index (κ2) is 5.60. The first-order valence-electron chi connectivity index (χ1n) is 6.13. The van der Waals surface area contributed by atoms with E-state index in [1.807, 2.05) is 31.2 Å². The van der Waals surface area contributed by atoms with Crippen molar-refractivity contribution in [2.45, 2.75) is 18.4 Å². The van der Waals surface area contributed by atoms with Crippen molar-refractivity contribution in [1.82, 2.24) is 9.29 Å². The summed E-state index contributed by atoms with van der Waals surface area (Å²) in [5, 5.41) is 0. The summed E-state index contributed by atoms with van der Waals surface area (Å²) in [7, 11) is -2.00. The molecule has 0 saturated heterocycles. The standard InChI is InChI=1S/C14H17N3O2S/c1-11-4-3-5-12(8-11)10-17(2)20(18,19)13-6-7-14(15)16-9-13/h3-9H,10H2,1-2H3,(H2,15,16). The summed E-state index contributed by atoms with van der Waals surface area (Å²) in [5.41, 5.74) is 7.51. The molecule has 0 saturated carbocycles. The molecule has 0 amide bonds. The van der Waals surface area contributed by atoms with Crippen LogP contribution in [0.4, 0.5) is 5.82 Å². The molecule has 0 spiro atoms. The minimum Gasteiger partial charge on any atom is -0.384 e. The summed E-state index contributed by atoms with van der Waals surface area (Å²) < 4.78 is 26.1. The summed E-state index contributed by atoms with van der Waals surface area (Å²) in [5.74, 6) is 0.297. The molecule has 2 N–H and O–H groups in total. The lowest BCUT2D eigenvalue weighted by Crippen LogP contribution is -2.26. The number of hydrogen-bond acceptors (Lipinski definition) is 4. The van der Waals surface area contributed by atoms with Gasteiger partial charge in [-0.15, -0.1) is 0 Å². The molecule has 0 unspecified atom stereocenters. The number of pyridine rings is 1. The molecule has 1 heterocycles. The summed E-state index contributed by atoms with van der Waals surface area (Å²) in [4.78, 5) is 3.96. The number of sulfonamides is 1. The molecular formula is C14H17N3O2S. The second-order valence-electron chi connectivity index (χ2n) is 4.67. The zero-order valence-electron chi connectivity index (χ0n) is 11.4. The minimum atomic E-state index is -3.55. The molecule has 0 atom stereocenters. The van der Waals surface area contributed by atoms with Crippen LogP contribution in [-0.4, -0.2) is 24.8 Å². The predicted octanol–water partition coefficient (Wildman–Crippen LogP) is 1.79. The van der Waals surface area contributed by atoms with Gasteiger partial charge >= 0.3 is 0 Å². The second-order valence-corrected chi connectivity index (χ2v) is 6.71. The molecule has 5 nitrogen and oxygen atoms in total. The number of nitrogens with two attached hydrogens (primary N) is 1. The lowest BCUT2D eigenvalue weighted by molar-refractivity contribution is 0.466. The van der Waals surface area contributed by atoms with Gasteiger partial charge in [-0.3, -0.25) is 0 Å². The highest BCUT2D eigenvalue weighted by Gasteiger charge is 2.21. The van der Waals surface area contributed by atoms with Crippen molar-refractivity contribution in [1.29, 1.82) is 0 Å². The summed E-state index contributed by atoms with van der Waals surface area (Å²) in [6, 6.07) is 10.7. The SMILES string of the molecule is Cc1cccc(CN(C)S(=O)(=O)c2ccc(N)nc2)c1. The van der Waals surface area contributed by atoms with E-state index in [4.69, 9.17) is 5.73 Å². The zero-order valence-corrected chi connectivity index (χ0v) is 12.3. The van der Waals surface area contributed by atoms with Crippen molar-refractivity contribution in [3.05, 3.63) is 53.7 Å². The maximum absolute atomic E-state index is 12.4. The first kappa shape index (κ1) is 14.5. The van der Waals surface area contributed by atoms with Crippen molar-refractivity contribution >= 4 is 15.8 Å². The smallest absolute Gasteiger partial charge is 0.244 e. The van der Waals surface area contributed by atoms with Crippen molar-refractivity contribution in [3.63, 3.8) is 0 Å². The number of nitrogen functional groups attached to an aromatic ring is 1. The van der Waals surface area contributed by atoms with Gasteiger partial charge in [0.2, 0.25) is 10.0 Å². The minimum absolute atomic E-state index is 0.141. The van der Waals surface area contributed by atoms with Crippen LogP contribution in [0.2, 0.25) is 0 Å². The third-order valence-corrected chi connectivity index (χ3v) is 4.74. The molecule has 2 rings (SSSR count). The van der Waals surface area contributed by atoms with Gasteiger partial charge in [0.05, 0.1) is 0 Å². The van der Waals surface area contributed by atoms with Crippen LogP contribution in [-0.2, 0) is 16.6 Å². The van der Waals surface area contributed by atoms with Crippen LogP contribution in [0.5, 0.6) is 0 Å². The van der Waals surface area contributed by atoms with Gasteiger partial charge in [-0.2, -0.15) is 4.31 Å². The Hall–Kier alpha value is -1.92. The van der Waals surface area contributed by atoms with E-state index in [-0.39, 0.29) is 4.90 Å². The molecule has 0 aliphatic carbocycles. The maximum atomic E-state index is 12.4. The van der Waals surface area contributed by atoms with E-state index in [0.29, 0.717) is 12.4 Å². The number of anilines is 1. The molecule has 20 heavy (non-hydrogen) atoms.